The van der Waals surface area contributed by atoms with Gasteiger partial charge in [0.25, 0.3) is 5.91 Å². The first-order valence-electron chi connectivity index (χ1n) is 6.76. The van der Waals surface area contributed by atoms with Crippen molar-refractivity contribution in [3.05, 3.63) is 41.3 Å². The molecule has 5 nitrogen and oxygen atoms in total. The monoisotopic (exact) mass is 271 g/mol. The van der Waals surface area contributed by atoms with E-state index in [0.29, 0.717) is 23.6 Å². The lowest BCUT2D eigenvalue weighted by Crippen LogP contribution is -2.32. The number of nitrogens with one attached hydrogen (secondary N) is 1. The number of rotatable bonds is 1. The molecule has 1 aromatic carbocycles. The number of nitrogens with zero attached hydrogens (tertiary/aromatic N) is 2. The first kappa shape index (κ1) is 12.7. The van der Waals surface area contributed by atoms with Crippen LogP contribution < -0.4 is 10.2 Å². The normalized spacial score (nSPS) is 14.4. The summed E-state index contributed by atoms with van der Waals surface area (Å²) >= 11 is 0. The fourth-order valence-corrected chi connectivity index (χ4v) is 2.57. The molecule has 104 valence electrons. The SMILES string of the molecule is Cc1noc(C)c1C(=O)N1CCCNc2ccccc21. The Morgan fingerprint density at radius 3 is 2.90 bits per heavy atom. The van der Waals surface area contributed by atoms with Crippen molar-refractivity contribution in [1.29, 1.82) is 0 Å². The highest BCUT2D eigenvalue weighted by Crippen LogP contribution is 2.30. The summed E-state index contributed by atoms with van der Waals surface area (Å²) in [4.78, 5) is 14.6. The van der Waals surface area contributed by atoms with Gasteiger partial charge in [0.05, 0.1) is 17.1 Å². The van der Waals surface area contributed by atoms with Crippen molar-refractivity contribution < 1.29 is 9.32 Å². The predicted molar refractivity (Wildman–Crippen MR) is 77.2 cm³/mol. The molecule has 1 aromatic heterocycles. The standard InChI is InChI=1S/C15H17N3O2/c1-10-14(11(2)20-17-10)15(19)18-9-5-8-16-12-6-3-4-7-13(12)18/h3-4,6-7,16H,5,8-9H2,1-2H3. The summed E-state index contributed by atoms with van der Waals surface area (Å²) in [5, 5.41) is 7.22. The van der Waals surface area contributed by atoms with Crippen LogP contribution in [0, 0.1) is 13.8 Å². The maximum Gasteiger partial charge on any atom is 0.263 e. The Morgan fingerprint density at radius 2 is 2.15 bits per heavy atom. The number of carbonyl (C=O) groups is 1. The molecule has 1 amide bonds. The largest absolute Gasteiger partial charge is 0.383 e. The van der Waals surface area contributed by atoms with Gasteiger partial charge in [0.1, 0.15) is 11.3 Å². The minimum Gasteiger partial charge on any atom is -0.383 e. The van der Waals surface area contributed by atoms with Crippen molar-refractivity contribution in [3.8, 4) is 0 Å². The summed E-state index contributed by atoms with van der Waals surface area (Å²) in [5.74, 6) is 0.527. The number of benzene rings is 1. The number of amides is 1. The van der Waals surface area contributed by atoms with Crippen molar-refractivity contribution in [1.82, 2.24) is 5.16 Å². The molecule has 20 heavy (non-hydrogen) atoms. The van der Waals surface area contributed by atoms with Gasteiger partial charge in [-0.3, -0.25) is 4.79 Å². The second-order valence-electron chi connectivity index (χ2n) is 4.95. The van der Waals surface area contributed by atoms with Gasteiger partial charge in [-0.15, -0.1) is 0 Å². The number of fused-ring (bicyclic) bond motifs is 1. The van der Waals surface area contributed by atoms with Crippen LogP contribution in [0.25, 0.3) is 0 Å². The van der Waals surface area contributed by atoms with Gasteiger partial charge in [-0.25, -0.2) is 0 Å². The zero-order chi connectivity index (χ0) is 14.1. The molecule has 0 fully saturated rings. The molecule has 0 saturated heterocycles. The molecule has 0 aliphatic carbocycles. The number of aryl methyl sites for hydroxylation is 2. The molecular formula is C15H17N3O2. The molecule has 0 radical (unpaired) electrons. The molecule has 5 heteroatoms. The van der Waals surface area contributed by atoms with Crippen molar-refractivity contribution in [2.45, 2.75) is 20.3 Å². The van der Waals surface area contributed by atoms with Crippen molar-refractivity contribution in [2.24, 2.45) is 0 Å². The molecule has 1 N–H and O–H groups in total. The Balaban J connectivity index is 2.04. The van der Waals surface area contributed by atoms with E-state index >= 15 is 0 Å². The van der Waals surface area contributed by atoms with Crippen LogP contribution in [0.5, 0.6) is 0 Å². The number of carbonyl (C=O) groups excluding carboxylic acids is 1. The topological polar surface area (TPSA) is 58.4 Å². The third-order valence-corrected chi connectivity index (χ3v) is 3.56. The maximum absolute atomic E-state index is 12.8. The minimum atomic E-state index is -0.0441. The molecule has 0 spiro atoms. The summed E-state index contributed by atoms with van der Waals surface area (Å²) < 4.78 is 5.11. The van der Waals surface area contributed by atoms with Crippen molar-refractivity contribution >= 4 is 17.3 Å². The molecule has 0 saturated carbocycles. The highest BCUT2D eigenvalue weighted by molar-refractivity contribution is 6.09. The van der Waals surface area contributed by atoms with E-state index in [0.717, 1.165) is 24.3 Å². The van der Waals surface area contributed by atoms with Crippen LogP contribution in [-0.4, -0.2) is 24.2 Å². The van der Waals surface area contributed by atoms with Crippen LogP contribution in [0.15, 0.2) is 28.8 Å². The van der Waals surface area contributed by atoms with Gasteiger partial charge in [0.2, 0.25) is 0 Å². The fourth-order valence-electron chi connectivity index (χ4n) is 2.57. The number of para-hydroxylation sites is 2. The average Bonchev–Trinajstić information content (AvgIpc) is 2.67. The van der Waals surface area contributed by atoms with E-state index in [1.54, 1.807) is 13.8 Å². The summed E-state index contributed by atoms with van der Waals surface area (Å²) in [6.07, 6.45) is 0.907. The third kappa shape index (κ3) is 2.05. The number of anilines is 2. The van der Waals surface area contributed by atoms with E-state index in [1.807, 2.05) is 29.2 Å². The van der Waals surface area contributed by atoms with Gasteiger partial charge in [-0.1, -0.05) is 17.3 Å². The van der Waals surface area contributed by atoms with E-state index in [4.69, 9.17) is 4.52 Å². The zero-order valence-corrected chi connectivity index (χ0v) is 11.6. The molecule has 2 aromatic rings. The molecule has 1 aliphatic rings. The van der Waals surface area contributed by atoms with Crippen LogP contribution in [0.3, 0.4) is 0 Å². The summed E-state index contributed by atoms with van der Waals surface area (Å²) in [7, 11) is 0. The fraction of sp³-hybridized carbons (Fsp3) is 0.333. The van der Waals surface area contributed by atoms with E-state index < -0.39 is 0 Å². The molecule has 0 atom stereocenters. The van der Waals surface area contributed by atoms with Gasteiger partial charge < -0.3 is 14.7 Å². The quantitative estimate of drug-likeness (QED) is 0.866. The van der Waals surface area contributed by atoms with E-state index in [-0.39, 0.29) is 5.91 Å². The smallest absolute Gasteiger partial charge is 0.263 e. The van der Waals surface area contributed by atoms with E-state index in [2.05, 4.69) is 10.5 Å². The molecule has 0 unspecified atom stereocenters. The van der Waals surface area contributed by atoms with Crippen molar-refractivity contribution in [3.63, 3.8) is 0 Å². The van der Waals surface area contributed by atoms with Gasteiger partial charge in [0.15, 0.2) is 0 Å². The zero-order valence-electron chi connectivity index (χ0n) is 11.6. The van der Waals surface area contributed by atoms with Gasteiger partial charge in [-0.05, 0) is 32.4 Å². The Labute approximate surface area is 117 Å². The van der Waals surface area contributed by atoms with Crippen molar-refractivity contribution in [2.75, 3.05) is 23.3 Å². The number of hydrogen-bond donors (Lipinski definition) is 1. The lowest BCUT2D eigenvalue weighted by molar-refractivity contribution is 0.0985. The average molecular weight is 271 g/mol. The van der Waals surface area contributed by atoms with Gasteiger partial charge in [0, 0.05) is 13.1 Å². The lowest BCUT2D eigenvalue weighted by Gasteiger charge is -2.22. The highest BCUT2D eigenvalue weighted by Gasteiger charge is 2.26. The van der Waals surface area contributed by atoms with Crippen LogP contribution in [0.1, 0.15) is 28.2 Å². The third-order valence-electron chi connectivity index (χ3n) is 3.56. The number of hydrogen-bond acceptors (Lipinski definition) is 4. The first-order valence-corrected chi connectivity index (χ1v) is 6.76. The van der Waals surface area contributed by atoms with E-state index in [9.17, 15) is 4.79 Å². The van der Waals surface area contributed by atoms with Crippen LogP contribution in [0.4, 0.5) is 11.4 Å². The Kier molecular flexibility index (Phi) is 3.18. The molecular weight excluding hydrogens is 254 g/mol. The maximum atomic E-state index is 12.8. The molecule has 3 rings (SSSR count). The molecule has 1 aliphatic heterocycles. The van der Waals surface area contributed by atoms with Crippen LogP contribution in [0.2, 0.25) is 0 Å². The summed E-state index contributed by atoms with van der Waals surface area (Å²) in [6, 6.07) is 7.87. The first-order chi connectivity index (χ1) is 9.68. The van der Waals surface area contributed by atoms with Gasteiger partial charge in [-0.2, -0.15) is 0 Å². The molecule has 2 heterocycles. The Hall–Kier alpha value is -2.30. The Bertz CT molecular complexity index is 629. The predicted octanol–water partition coefficient (Wildman–Crippen LogP) is 2.75. The second-order valence-corrected chi connectivity index (χ2v) is 4.95. The summed E-state index contributed by atoms with van der Waals surface area (Å²) in [6.45, 7) is 5.12. The van der Waals surface area contributed by atoms with Crippen LogP contribution in [-0.2, 0) is 0 Å². The van der Waals surface area contributed by atoms with E-state index in [1.165, 1.54) is 0 Å². The molecule has 0 bridgehead atoms. The Morgan fingerprint density at radius 1 is 1.35 bits per heavy atom. The highest BCUT2D eigenvalue weighted by atomic mass is 16.5. The minimum absolute atomic E-state index is 0.0441. The van der Waals surface area contributed by atoms with Gasteiger partial charge >= 0.3 is 0 Å². The summed E-state index contributed by atoms with van der Waals surface area (Å²) in [5.41, 5.74) is 3.11. The van der Waals surface area contributed by atoms with Crippen LogP contribution >= 0.6 is 0 Å². The lowest BCUT2D eigenvalue weighted by atomic mass is 10.1. The second kappa shape index (κ2) is 5.00. The number of aromatic nitrogens is 1.